The number of anilines is 1. The van der Waals surface area contributed by atoms with Crippen molar-refractivity contribution in [3.05, 3.63) is 29.8 Å². The summed E-state index contributed by atoms with van der Waals surface area (Å²) < 4.78 is 5.20. The highest BCUT2D eigenvalue weighted by Crippen LogP contribution is 2.15. The van der Waals surface area contributed by atoms with Crippen LogP contribution in [-0.4, -0.2) is 32.9 Å². The molecule has 0 aliphatic carbocycles. The van der Waals surface area contributed by atoms with Crippen molar-refractivity contribution in [3.8, 4) is 0 Å². The Balaban J connectivity index is 2.45. The minimum Gasteiger partial charge on any atom is -0.444 e. The van der Waals surface area contributed by atoms with E-state index in [0.29, 0.717) is 29.1 Å². The standard InChI is InChI=1S/C20H29N5O3S2/c1-20(2,3)28-19(27)24-14-8-6-7-13(11-14)12-17(26)25-18(23)30-16(22)10-5-4-9-15(21)29/h6-8,11,22H,4-5,9-10,12H2,1-3H3,(H2,21,29)(H,24,27)(H2,23,25,26). The smallest absolute Gasteiger partial charge is 0.412 e. The zero-order valence-electron chi connectivity index (χ0n) is 17.4. The van der Waals surface area contributed by atoms with E-state index in [1.165, 1.54) is 0 Å². The lowest BCUT2D eigenvalue weighted by Crippen LogP contribution is -2.30. The van der Waals surface area contributed by atoms with Gasteiger partial charge >= 0.3 is 6.09 Å². The Morgan fingerprint density at radius 2 is 1.80 bits per heavy atom. The summed E-state index contributed by atoms with van der Waals surface area (Å²) in [5.74, 6) is -0.377. The maximum atomic E-state index is 12.2. The number of nitrogens with one attached hydrogen (secondary N) is 5. The molecule has 0 saturated carbocycles. The van der Waals surface area contributed by atoms with Crippen molar-refractivity contribution in [1.29, 1.82) is 16.2 Å². The fraction of sp³-hybridized carbons (Fsp3) is 0.450. The first-order valence-electron chi connectivity index (χ1n) is 9.43. The van der Waals surface area contributed by atoms with Gasteiger partial charge in [-0.15, -0.1) is 12.6 Å². The number of ether oxygens (including phenoxy) is 1. The molecule has 0 aliphatic heterocycles. The molecule has 0 heterocycles. The predicted molar refractivity (Wildman–Crippen MR) is 126 cm³/mol. The number of hydrogen-bond acceptors (Lipinski definition) is 7. The van der Waals surface area contributed by atoms with Crippen LogP contribution in [0, 0.1) is 16.2 Å². The zero-order valence-corrected chi connectivity index (χ0v) is 19.1. The quantitative estimate of drug-likeness (QED) is 0.146. The molecule has 0 saturated heterocycles. The minimum atomic E-state index is -0.608. The molecular weight excluding hydrogens is 422 g/mol. The zero-order chi connectivity index (χ0) is 22.7. The van der Waals surface area contributed by atoms with Gasteiger partial charge in [-0.3, -0.25) is 26.3 Å². The van der Waals surface area contributed by atoms with E-state index < -0.39 is 11.7 Å². The lowest BCUT2D eigenvalue weighted by molar-refractivity contribution is -0.119. The molecule has 1 rings (SSSR count). The summed E-state index contributed by atoms with van der Waals surface area (Å²) in [6.07, 6.45) is 2.02. The molecule has 2 amide bonds. The van der Waals surface area contributed by atoms with Crippen LogP contribution in [0.1, 0.15) is 52.0 Å². The number of rotatable bonds is 8. The Morgan fingerprint density at radius 1 is 1.13 bits per heavy atom. The van der Waals surface area contributed by atoms with Crippen molar-refractivity contribution < 1.29 is 14.3 Å². The molecule has 1 aromatic rings. The van der Waals surface area contributed by atoms with Gasteiger partial charge in [0.05, 0.1) is 16.5 Å². The van der Waals surface area contributed by atoms with E-state index >= 15 is 0 Å². The minimum absolute atomic E-state index is 0.0319. The number of carbonyl (C=O) groups is 2. The number of benzene rings is 1. The van der Waals surface area contributed by atoms with Crippen LogP contribution in [0.4, 0.5) is 10.5 Å². The van der Waals surface area contributed by atoms with Gasteiger partial charge in [0.25, 0.3) is 0 Å². The summed E-state index contributed by atoms with van der Waals surface area (Å²) in [7, 11) is 0. The van der Waals surface area contributed by atoms with E-state index in [-0.39, 0.29) is 22.5 Å². The van der Waals surface area contributed by atoms with E-state index in [9.17, 15) is 9.59 Å². The molecule has 0 spiro atoms. The summed E-state index contributed by atoms with van der Waals surface area (Å²) in [6, 6.07) is 6.83. The van der Waals surface area contributed by atoms with Crippen LogP contribution < -0.4 is 10.6 Å². The lowest BCUT2D eigenvalue weighted by Gasteiger charge is -2.19. The number of amides is 2. The van der Waals surface area contributed by atoms with Crippen LogP contribution in [0.15, 0.2) is 24.3 Å². The molecule has 1 aromatic carbocycles. The number of thioether (sulfide) groups is 1. The second kappa shape index (κ2) is 12.4. The molecule has 0 unspecified atom stereocenters. The monoisotopic (exact) mass is 451 g/mol. The number of carbonyl (C=O) groups excluding carboxylic acids is 2. The molecule has 0 aliphatic rings. The fourth-order valence-corrected chi connectivity index (χ4v) is 3.13. The molecule has 0 bridgehead atoms. The van der Waals surface area contributed by atoms with Gasteiger partial charge in [0.15, 0.2) is 5.17 Å². The van der Waals surface area contributed by atoms with Gasteiger partial charge in [-0.2, -0.15) is 0 Å². The molecule has 0 aromatic heterocycles. The summed E-state index contributed by atoms with van der Waals surface area (Å²) >= 11 is 4.81. The fourth-order valence-electron chi connectivity index (χ4n) is 2.31. The highest BCUT2D eigenvalue weighted by atomic mass is 32.2. The average Bonchev–Trinajstić information content (AvgIpc) is 2.56. The second-order valence-corrected chi connectivity index (χ2v) is 9.21. The van der Waals surface area contributed by atoms with Crippen LogP contribution in [0.25, 0.3) is 0 Å². The van der Waals surface area contributed by atoms with Crippen LogP contribution >= 0.6 is 24.4 Å². The number of amidine groups is 1. The van der Waals surface area contributed by atoms with E-state index in [1.54, 1.807) is 45.0 Å². The second-order valence-electron chi connectivity index (χ2n) is 7.56. The topological polar surface area (TPSA) is 139 Å². The van der Waals surface area contributed by atoms with Gasteiger partial charge in [-0.1, -0.05) is 12.1 Å². The summed E-state index contributed by atoms with van der Waals surface area (Å²) in [4.78, 5) is 24.0. The number of unbranched alkanes of at least 4 members (excludes halogenated alkanes) is 1. The molecule has 30 heavy (non-hydrogen) atoms. The largest absolute Gasteiger partial charge is 0.444 e. The highest BCUT2D eigenvalue weighted by molar-refractivity contribution is 8.26. The van der Waals surface area contributed by atoms with Crippen molar-refractivity contribution in [3.63, 3.8) is 0 Å². The van der Waals surface area contributed by atoms with Crippen molar-refractivity contribution in [1.82, 2.24) is 5.32 Å². The number of hydrogen-bond donors (Lipinski definition) is 6. The van der Waals surface area contributed by atoms with Gasteiger partial charge in [0.1, 0.15) is 5.60 Å². The van der Waals surface area contributed by atoms with E-state index in [0.717, 1.165) is 24.6 Å². The molecule has 0 atom stereocenters. The Hall–Kier alpha value is -2.33. The molecular formula is C20H29N5O3S2. The Morgan fingerprint density at radius 3 is 2.43 bits per heavy atom. The third-order valence-electron chi connectivity index (χ3n) is 3.48. The van der Waals surface area contributed by atoms with Gasteiger partial charge in [-0.25, -0.2) is 4.79 Å². The maximum Gasteiger partial charge on any atom is 0.412 e. The van der Waals surface area contributed by atoms with Crippen molar-refractivity contribution in [2.45, 2.75) is 58.5 Å². The first kappa shape index (κ1) is 25.7. The van der Waals surface area contributed by atoms with Crippen molar-refractivity contribution in [2.75, 3.05) is 5.32 Å². The first-order chi connectivity index (χ1) is 13.9. The van der Waals surface area contributed by atoms with Crippen molar-refractivity contribution in [2.24, 2.45) is 0 Å². The van der Waals surface area contributed by atoms with Crippen LogP contribution in [0.2, 0.25) is 0 Å². The molecule has 0 fully saturated rings. The highest BCUT2D eigenvalue weighted by Gasteiger charge is 2.16. The average molecular weight is 452 g/mol. The summed E-state index contributed by atoms with van der Waals surface area (Å²) in [5, 5.41) is 28.6. The summed E-state index contributed by atoms with van der Waals surface area (Å²) in [6.45, 7) is 5.32. The molecule has 10 heteroatoms. The third kappa shape index (κ3) is 12.3. The van der Waals surface area contributed by atoms with E-state index in [4.69, 9.17) is 21.0 Å². The van der Waals surface area contributed by atoms with Crippen molar-refractivity contribution >= 4 is 57.3 Å². The SMILES string of the molecule is CC(C)(C)OC(=O)Nc1cccc(CC(=O)NC(=N)SC(=N)CCCCC(=N)S)c1. The third-order valence-corrected chi connectivity index (χ3v) is 4.46. The molecule has 5 N–H and O–H groups in total. The Labute approximate surface area is 186 Å². The van der Waals surface area contributed by atoms with Gasteiger partial charge in [-0.05, 0) is 75.9 Å². The Bertz CT molecular complexity index is 806. The van der Waals surface area contributed by atoms with Gasteiger partial charge in [0.2, 0.25) is 5.91 Å². The van der Waals surface area contributed by atoms with Crippen LogP contribution in [0.3, 0.4) is 0 Å². The Kier molecular flexibility index (Phi) is 10.6. The number of thiol groups is 1. The molecule has 0 radical (unpaired) electrons. The van der Waals surface area contributed by atoms with E-state index in [1.807, 2.05) is 0 Å². The summed E-state index contributed by atoms with van der Waals surface area (Å²) in [5.41, 5.74) is 0.571. The van der Waals surface area contributed by atoms with Crippen LogP contribution in [-0.2, 0) is 16.0 Å². The molecule has 164 valence electrons. The predicted octanol–water partition coefficient (Wildman–Crippen LogP) is 4.81. The first-order valence-corrected chi connectivity index (χ1v) is 10.7. The van der Waals surface area contributed by atoms with E-state index in [2.05, 4.69) is 23.3 Å². The lowest BCUT2D eigenvalue weighted by atomic mass is 10.1. The van der Waals surface area contributed by atoms with Gasteiger partial charge < -0.3 is 10.1 Å². The van der Waals surface area contributed by atoms with Gasteiger partial charge in [0, 0.05) is 5.69 Å². The molecule has 8 nitrogen and oxygen atoms in total. The normalized spacial score (nSPS) is 10.8. The van der Waals surface area contributed by atoms with Crippen LogP contribution in [0.5, 0.6) is 0 Å². The maximum absolute atomic E-state index is 12.2.